The van der Waals surface area contributed by atoms with Gasteiger partial charge in [-0.3, -0.25) is 19.6 Å². The normalized spacial score (nSPS) is 15.5. The molecule has 1 atom stereocenters. The number of rotatable bonds is 5. The van der Waals surface area contributed by atoms with Gasteiger partial charge in [-0.2, -0.15) is 5.26 Å². The Morgan fingerprint density at radius 3 is 2.88 bits per heavy atom. The molecule has 1 saturated heterocycles. The number of pyridine rings is 2. The van der Waals surface area contributed by atoms with Crippen LogP contribution in [0.15, 0.2) is 42.7 Å². The highest BCUT2D eigenvalue weighted by atomic mass is 32.2. The number of benzene rings is 1. The molecule has 1 aliphatic heterocycles. The number of fused-ring (bicyclic) bond motifs is 1. The van der Waals surface area contributed by atoms with Gasteiger partial charge in [0.2, 0.25) is 5.91 Å². The van der Waals surface area contributed by atoms with Crippen molar-refractivity contribution in [2.75, 3.05) is 18.2 Å². The number of aromatic nitrogens is 2. The predicted octanol–water partition coefficient (Wildman–Crippen LogP) is 2.99. The summed E-state index contributed by atoms with van der Waals surface area (Å²) in [5, 5.41) is 12.6. The van der Waals surface area contributed by atoms with E-state index in [2.05, 4.69) is 34.3 Å². The van der Waals surface area contributed by atoms with Crippen LogP contribution >= 0.6 is 11.8 Å². The maximum absolute atomic E-state index is 12.9. The summed E-state index contributed by atoms with van der Waals surface area (Å²) >= 11 is 1.54. The fourth-order valence-corrected chi connectivity index (χ4v) is 4.88. The fraction of sp³-hybridized carbons (Fsp3) is 0.292. The summed E-state index contributed by atoms with van der Waals surface area (Å²) in [6.45, 7) is 3.89. The molecule has 0 saturated carbocycles. The Kier molecular flexibility index (Phi) is 6.37. The maximum Gasteiger partial charge on any atom is 0.252 e. The molecule has 1 aliphatic rings. The van der Waals surface area contributed by atoms with Crippen LogP contribution in [0, 0.1) is 25.2 Å². The Balaban J connectivity index is 1.53. The van der Waals surface area contributed by atoms with Crippen LogP contribution in [0.25, 0.3) is 10.9 Å². The van der Waals surface area contributed by atoms with E-state index in [1.54, 1.807) is 12.3 Å². The zero-order valence-corrected chi connectivity index (χ0v) is 18.8. The highest BCUT2D eigenvalue weighted by Crippen LogP contribution is 2.22. The van der Waals surface area contributed by atoms with Gasteiger partial charge in [-0.05, 0) is 61.2 Å². The molecule has 2 aromatic heterocycles. The highest BCUT2D eigenvalue weighted by Gasteiger charge is 2.29. The third kappa shape index (κ3) is 4.58. The lowest BCUT2D eigenvalue weighted by atomic mass is 9.99. The number of nitrogens with one attached hydrogen (secondary N) is 1. The summed E-state index contributed by atoms with van der Waals surface area (Å²) in [5.74, 6) is 0.485. The number of amides is 2. The lowest BCUT2D eigenvalue weighted by Gasteiger charge is -2.18. The van der Waals surface area contributed by atoms with Gasteiger partial charge in [-0.25, -0.2) is 0 Å². The van der Waals surface area contributed by atoms with Crippen molar-refractivity contribution in [3.63, 3.8) is 0 Å². The first-order chi connectivity index (χ1) is 15.5. The second-order valence-electron chi connectivity index (χ2n) is 7.83. The van der Waals surface area contributed by atoms with Crippen LogP contribution in [-0.2, 0) is 11.2 Å². The minimum absolute atomic E-state index is 0.144. The zero-order chi connectivity index (χ0) is 22.7. The van der Waals surface area contributed by atoms with Gasteiger partial charge >= 0.3 is 0 Å². The first kappa shape index (κ1) is 21.8. The van der Waals surface area contributed by atoms with Crippen LogP contribution in [0.5, 0.6) is 0 Å². The van der Waals surface area contributed by atoms with Crippen LogP contribution in [0.1, 0.15) is 32.7 Å². The monoisotopic (exact) mass is 445 g/mol. The molecule has 0 aliphatic carbocycles. The van der Waals surface area contributed by atoms with Gasteiger partial charge in [0.15, 0.2) is 0 Å². The summed E-state index contributed by atoms with van der Waals surface area (Å²) in [7, 11) is 0. The number of aryl methyl sites for hydroxylation is 2. The average Bonchev–Trinajstić information content (AvgIpc) is 3.28. The number of nitriles is 1. The van der Waals surface area contributed by atoms with Crippen molar-refractivity contribution >= 4 is 34.5 Å². The zero-order valence-electron chi connectivity index (χ0n) is 18.0. The van der Waals surface area contributed by atoms with E-state index in [1.165, 1.54) is 22.2 Å². The summed E-state index contributed by atoms with van der Waals surface area (Å²) in [6, 6.07) is 11.3. The molecule has 162 valence electrons. The van der Waals surface area contributed by atoms with E-state index < -0.39 is 6.04 Å². The molecule has 0 spiro atoms. The molecule has 1 aromatic carbocycles. The summed E-state index contributed by atoms with van der Waals surface area (Å²) in [5.41, 5.74) is 5.52. The quantitative estimate of drug-likeness (QED) is 0.648. The minimum atomic E-state index is -0.437. The summed E-state index contributed by atoms with van der Waals surface area (Å²) in [4.78, 5) is 35.6. The molecule has 1 N–H and O–H groups in total. The highest BCUT2D eigenvalue weighted by molar-refractivity contribution is 7.99. The van der Waals surface area contributed by atoms with Crippen molar-refractivity contribution in [3.8, 4) is 6.07 Å². The maximum atomic E-state index is 12.9. The first-order valence-electron chi connectivity index (χ1n) is 10.3. The van der Waals surface area contributed by atoms with Crippen LogP contribution in [0.2, 0.25) is 0 Å². The Bertz CT molecular complexity index is 1240. The molecule has 3 heterocycles. The lowest BCUT2D eigenvalue weighted by molar-refractivity contribution is -0.129. The largest absolute Gasteiger partial charge is 0.343 e. The Hall–Kier alpha value is -3.44. The number of carbonyl (C=O) groups is 2. The number of hydrogen-bond donors (Lipinski definition) is 1. The molecular formula is C24H23N5O2S. The molecule has 0 radical (unpaired) electrons. The smallest absolute Gasteiger partial charge is 0.252 e. The van der Waals surface area contributed by atoms with Crippen molar-refractivity contribution in [1.82, 2.24) is 20.2 Å². The molecule has 7 nitrogen and oxygen atoms in total. The number of nitrogens with zero attached hydrogens (tertiary/aromatic N) is 4. The van der Waals surface area contributed by atoms with Crippen molar-refractivity contribution in [1.29, 1.82) is 5.26 Å². The first-order valence-corrected chi connectivity index (χ1v) is 11.5. The van der Waals surface area contributed by atoms with E-state index in [9.17, 15) is 9.59 Å². The van der Waals surface area contributed by atoms with Crippen LogP contribution in [-0.4, -0.2) is 50.9 Å². The number of hydrogen-bond acceptors (Lipinski definition) is 6. The van der Waals surface area contributed by atoms with Gasteiger partial charge in [0.1, 0.15) is 6.04 Å². The summed E-state index contributed by atoms with van der Waals surface area (Å²) < 4.78 is 0. The van der Waals surface area contributed by atoms with Gasteiger partial charge in [0.05, 0.1) is 29.6 Å². The molecule has 32 heavy (non-hydrogen) atoms. The molecule has 4 rings (SSSR count). The molecule has 1 unspecified atom stereocenters. The second-order valence-corrected chi connectivity index (χ2v) is 8.83. The van der Waals surface area contributed by atoms with Crippen molar-refractivity contribution in [2.24, 2.45) is 0 Å². The van der Waals surface area contributed by atoms with E-state index in [1.807, 2.05) is 31.3 Å². The Morgan fingerprint density at radius 1 is 1.25 bits per heavy atom. The topological polar surface area (TPSA) is 99.0 Å². The third-order valence-corrected chi connectivity index (χ3v) is 6.57. The van der Waals surface area contributed by atoms with Gasteiger partial charge in [-0.15, -0.1) is 11.8 Å². The molecule has 3 aromatic rings. The van der Waals surface area contributed by atoms with Crippen molar-refractivity contribution in [3.05, 3.63) is 70.7 Å². The van der Waals surface area contributed by atoms with Gasteiger partial charge in [0, 0.05) is 29.2 Å². The van der Waals surface area contributed by atoms with Crippen LogP contribution in [0.4, 0.5) is 0 Å². The van der Waals surface area contributed by atoms with Gasteiger partial charge in [0.25, 0.3) is 5.91 Å². The minimum Gasteiger partial charge on any atom is -0.343 e. The molecular weight excluding hydrogens is 422 g/mol. The van der Waals surface area contributed by atoms with Crippen molar-refractivity contribution in [2.45, 2.75) is 26.3 Å². The van der Waals surface area contributed by atoms with Gasteiger partial charge < -0.3 is 10.2 Å². The number of carbonyl (C=O) groups excluding carboxylic acids is 2. The SMILES string of the molecule is Cc1cc(C)c(Cc2ccc3nccc(C(=O)NCC(=O)N4CSCC4C#N)c3c2)cn1. The van der Waals surface area contributed by atoms with E-state index >= 15 is 0 Å². The van der Waals surface area contributed by atoms with E-state index in [4.69, 9.17) is 5.26 Å². The predicted molar refractivity (Wildman–Crippen MR) is 124 cm³/mol. The Labute approximate surface area is 190 Å². The fourth-order valence-electron chi connectivity index (χ4n) is 3.78. The van der Waals surface area contributed by atoms with E-state index in [0.717, 1.165) is 22.2 Å². The standard InChI is InChI=1S/C24H23N5O2S/c1-15-7-16(2)27-11-18(15)8-17-3-4-22-21(9-17)20(5-6-26-22)24(31)28-12-23(30)29-14-32-13-19(29)10-25/h3-7,9,11,19H,8,12-14H2,1-2H3,(H,28,31). The van der Waals surface area contributed by atoms with Crippen molar-refractivity contribution < 1.29 is 9.59 Å². The lowest BCUT2D eigenvalue weighted by Crippen LogP contribution is -2.42. The van der Waals surface area contributed by atoms with Gasteiger partial charge in [-0.1, -0.05) is 6.07 Å². The molecule has 2 amide bonds. The average molecular weight is 446 g/mol. The molecule has 0 bridgehead atoms. The molecule has 1 fully saturated rings. The number of thioether (sulfide) groups is 1. The summed E-state index contributed by atoms with van der Waals surface area (Å²) in [6.07, 6.45) is 4.18. The Morgan fingerprint density at radius 2 is 2.09 bits per heavy atom. The third-order valence-electron chi connectivity index (χ3n) is 5.55. The second kappa shape index (κ2) is 9.37. The molecule has 8 heteroatoms. The van der Waals surface area contributed by atoms with Crippen LogP contribution < -0.4 is 5.32 Å². The van der Waals surface area contributed by atoms with Crippen LogP contribution in [0.3, 0.4) is 0 Å². The van der Waals surface area contributed by atoms with E-state index in [-0.39, 0.29) is 18.4 Å². The van der Waals surface area contributed by atoms with E-state index in [0.29, 0.717) is 29.1 Å².